The molecule has 0 aromatic carbocycles. The van der Waals surface area contributed by atoms with Crippen molar-refractivity contribution in [1.82, 2.24) is 10.2 Å². The highest BCUT2D eigenvalue weighted by molar-refractivity contribution is 5.93. The second-order valence-electron chi connectivity index (χ2n) is 3.93. The third kappa shape index (κ3) is 5.11. The van der Waals surface area contributed by atoms with Crippen molar-refractivity contribution in [3.63, 3.8) is 0 Å². The first-order chi connectivity index (χ1) is 9.06. The fraction of sp³-hybridized carbons (Fsp3) is 0.500. The Morgan fingerprint density at radius 2 is 2.16 bits per heavy atom. The topological polar surface area (TPSA) is 103 Å². The largest absolute Gasteiger partial charge is 0.480 e. The number of hydrogen-bond donors (Lipinski definition) is 3. The summed E-state index contributed by atoms with van der Waals surface area (Å²) >= 11 is 0. The summed E-state index contributed by atoms with van der Waals surface area (Å²) in [5.41, 5.74) is 0. The smallest absolute Gasteiger partial charge is 0.322 e. The quantitative estimate of drug-likeness (QED) is 0.610. The first-order valence-electron chi connectivity index (χ1n) is 5.98. The molecule has 1 amide bonds. The van der Waals surface area contributed by atoms with Crippen LogP contribution in [0.2, 0.25) is 0 Å². The van der Waals surface area contributed by atoms with Gasteiger partial charge in [-0.3, -0.25) is 14.5 Å². The fourth-order valence-corrected chi connectivity index (χ4v) is 1.54. The molecule has 0 bridgehead atoms. The van der Waals surface area contributed by atoms with E-state index in [1.165, 1.54) is 6.07 Å². The van der Waals surface area contributed by atoms with Gasteiger partial charge in [0.25, 0.3) is 5.91 Å². The standard InChI is InChI=1S/C12H18N2O5/c1-2-14(5-6-15)8-9-3-4-10(19-9)12(18)13-7-11(16)17/h3-4,15H,2,5-8H2,1H3,(H,13,18)(H,16,17). The van der Waals surface area contributed by atoms with Crippen molar-refractivity contribution in [2.75, 3.05) is 26.2 Å². The van der Waals surface area contributed by atoms with Crippen molar-refractivity contribution in [1.29, 1.82) is 0 Å². The Bertz CT molecular complexity index is 430. The predicted octanol–water partition coefficient (Wildman–Crippen LogP) is -0.0918. The second kappa shape index (κ2) is 7.55. The SMILES string of the molecule is CCN(CCO)Cc1ccc(C(=O)NCC(=O)O)o1. The first-order valence-corrected chi connectivity index (χ1v) is 5.98. The van der Waals surface area contributed by atoms with Crippen molar-refractivity contribution in [2.45, 2.75) is 13.5 Å². The number of likely N-dealkylation sites (N-methyl/N-ethyl adjacent to an activating group) is 1. The molecule has 0 aliphatic heterocycles. The Kier molecular flexibility index (Phi) is 6.04. The Morgan fingerprint density at radius 1 is 1.42 bits per heavy atom. The molecule has 1 rings (SSSR count). The number of furan rings is 1. The van der Waals surface area contributed by atoms with Gasteiger partial charge in [0, 0.05) is 6.54 Å². The van der Waals surface area contributed by atoms with Crippen LogP contribution in [0.1, 0.15) is 23.2 Å². The zero-order chi connectivity index (χ0) is 14.3. The maximum absolute atomic E-state index is 11.5. The number of hydrogen-bond acceptors (Lipinski definition) is 5. The van der Waals surface area contributed by atoms with Gasteiger partial charge >= 0.3 is 5.97 Å². The van der Waals surface area contributed by atoms with E-state index in [0.717, 1.165) is 6.54 Å². The minimum absolute atomic E-state index is 0.0561. The predicted molar refractivity (Wildman–Crippen MR) is 66.7 cm³/mol. The van der Waals surface area contributed by atoms with Gasteiger partial charge in [0.1, 0.15) is 12.3 Å². The van der Waals surface area contributed by atoms with Crippen molar-refractivity contribution in [3.05, 3.63) is 23.7 Å². The number of nitrogens with zero attached hydrogens (tertiary/aromatic N) is 1. The van der Waals surface area contributed by atoms with Crippen molar-refractivity contribution < 1.29 is 24.2 Å². The minimum atomic E-state index is -1.11. The van der Waals surface area contributed by atoms with Crippen molar-refractivity contribution in [3.8, 4) is 0 Å². The maximum atomic E-state index is 11.5. The molecule has 7 nitrogen and oxygen atoms in total. The molecule has 3 N–H and O–H groups in total. The van der Waals surface area contributed by atoms with E-state index < -0.39 is 18.4 Å². The van der Waals surface area contributed by atoms with Gasteiger partial charge in [-0.2, -0.15) is 0 Å². The molecule has 0 fully saturated rings. The van der Waals surface area contributed by atoms with E-state index in [0.29, 0.717) is 18.8 Å². The number of aliphatic hydroxyl groups excluding tert-OH is 1. The van der Waals surface area contributed by atoms with E-state index in [4.69, 9.17) is 14.6 Å². The number of carboxylic acids is 1. The van der Waals surface area contributed by atoms with Crippen LogP contribution in [0.5, 0.6) is 0 Å². The number of carbonyl (C=O) groups excluding carboxylic acids is 1. The lowest BCUT2D eigenvalue weighted by molar-refractivity contribution is -0.135. The number of nitrogens with one attached hydrogen (secondary N) is 1. The normalized spacial score (nSPS) is 10.7. The highest BCUT2D eigenvalue weighted by Gasteiger charge is 2.13. The summed E-state index contributed by atoms with van der Waals surface area (Å²) in [6.07, 6.45) is 0. The van der Waals surface area contributed by atoms with Gasteiger partial charge in [0.15, 0.2) is 5.76 Å². The van der Waals surface area contributed by atoms with E-state index in [-0.39, 0.29) is 12.4 Å². The van der Waals surface area contributed by atoms with Crippen LogP contribution < -0.4 is 5.32 Å². The molecular formula is C12H18N2O5. The molecule has 0 radical (unpaired) electrons. The lowest BCUT2D eigenvalue weighted by Crippen LogP contribution is -2.29. The summed E-state index contributed by atoms with van der Waals surface area (Å²) in [4.78, 5) is 23.8. The Morgan fingerprint density at radius 3 is 2.74 bits per heavy atom. The van der Waals surface area contributed by atoms with Crippen LogP contribution in [0.25, 0.3) is 0 Å². The molecule has 0 saturated carbocycles. The van der Waals surface area contributed by atoms with Crippen LogP contribution >= 0.6 is 0 Å². The van der Waals surface area contributed by atoms with Crippen molar-refractivity contribution in [2.24, 2.45) is 0 Å². The van der Waals surface area contributed by atoms with Crippen LogP contribution in [-0.4, -0.2) is 53.2 Å². The van der Waals surface area contributed by atoms with Gasteiger partial charge < -0.3 is 19.9 Å². The molecule has 1 heterocycles. The van der Waals surface area contributed by atoms with Gasteiger partial charge in [-0.15, -0.1) is 0 Å². The number of carbonyl (C=O) groups is 2. The van der Waals surface area contributed by atoms with E-state index in [2.05, 4.69) is 5.32 Å². The molecule has 1 aromatic heterocycles. The molecular weight excluding hydrogens is 252 g/mol. The van der Waals surface area contributed by atoms with Crippen molar-refractivity contribution >= 4 is 11.9 Å². The Labute approximate surface area is 110 Å². The minimum Gasteiger partial charge on any atom is -0.480 e. The Balaban J connectivity index is 2.56. The van der Waals surface area contributed by atoms with Gasteiger partial charge in [-0.1, -0.05) is 6.92 Å². The van der Waals surface area contributed by atoms with Crippen LogP contribution in [0, 0.1) is 0 Å². The molecule has 106 valence electrons. The molecule has 0 spiro atoms. The zero-order valence-corrected chi connectivity index (χ0v) is 10.8. The van der Waals surface area contributed by atoms with Crippen LogP contribution in [0.3, 0.4) is 0 Å². The molecule has 0 aliphatic rings. The summed E-state index contributed by atoms with van der Waals surface area (Å²) < 4.78 is 5.33. The van der Waals surface area contributed by atoms with Gasteiger partial charge in [0.2, 0.25) is 0 Å². The maximum Gasteiger partial charge on any atom is 0.322 e. The molecule has 0 atom stereocenters. The average Bonchev–Trinajstić information content (AvgIpc) is 2.84. The molecule has 0 saturated heterocycles. The summed E-state index contributed by atoms with van der Waals surface area (Å²) in [6, 6.07) is 3.16. The Hall–Kier alpha value is -1.86. The van der Waals surface area contributed by atoms with Crippen LogP contribution in [0.15, 0.2) is 16.5 Å². The zero-order valence-electron chi connectivity index (χ0n) is 10.8. The molecule has 19 heavy (non-hydrogen) atoms. The number of amides is 1. The number of aliphatic carboxylic acids is 1. The fourth-order valence-electron chi connectivity index (χ4n) is 1.54. The highest BCUT2D eigenvalue weighted by Crippen LogP contribution is 2.10. The highest BCUT2D eigenvalue weighted by atomic mass is 16.4. The monoisotopic (exact) mass is 270 g/mol. The third-order valence-electron chi connectivity index (χ3n) is 2.53. The number of carboxylic acid groups (broad SMARTS) is 1. The van der Waals surface area contributed by atoms with E-state index in [1.54, 1.807) is 6.07 Å². The van der Waals surface area contributed by atoms with Crippen LogP contribution in [-0.2, 0) is 11.3 Å². The lowest BCUT2D eigenvalue weighted by atomic mass is 10.3. The first kappa shape index (κ1) is 15.2. The molecule has 0 aliphatic carbocycles. The van der Waals surface area contributed by atoms with E-state index in [1.807, 2.05) is 11.8 Å². The number of aliphatic hydroxyl groups is 1. The summed E-state index contributed by atoms with van der Waals surface area (Å²) in [5, 5.41) is 19.5. The average molecular weight is 270 g/mol. The number of rotatable bonds is 8. The second-order valence-corrected chi connectivity index (χ2v) is 3.93. The van der Waals surface area contributed by atoms with Gasteiger partial charge in [-0.25, -0.2) is 0 Å². The summed E-state index contributed by atoms with van der Waals surface area (Å²) in [6.45, 7) is 3.34. The van der Waals surface area contributed by atoms with Gasteiger partial charge in [-0.05, 0) is 18.7 Å². The van der Waals surface area contributed by atoms with Gasteiger partial charge in [0.05, 0.1) is 13.2 Å². The lowest BCUT2D eigenvalue weighted by Gasteiger charge is -2.17. The summed E-state index contributed by atoms with van der Waals surface area (Å²) in [5.74, 6) is -0.994. The molecule has 7 heteroatoms. The molecule has 0 unspecified atom stereocenters. The van der Waals surface area contributed by atoms with Crippen LogP contribution in [0.4, 0.5) is 0 Å². The van der Waals surface area contributed by atoms with E-state index in [9.17, 15) is 9.59 Å². The summed E-state index contributed by atoms with van der Waals surface area (Å²) in [7, 11) is 0. The third-order valence-corrected chi connectivity index (χ3v) is 2.53. The van der Waals surface area contributed by atoms with E-state index >= 15 is 0 Å². The molecule has 1 aromatic rings.